The number of carbonyl (C=O) groups excluding carboxylic acids is 5. The number of amides is 3. The first kappa shape index (κ1) is 54.3. The number of ether oxygens (including phenoxy) is 6. The van der Waals surface area contributed by atoms with Gasteiger partial charge in [0.05, 0.1) is 24.6 Å². The predicted molar refractivity (Wildman–Crippen MR) is 261 cm³/mol. The average Bonchev–Trinajstić information content (AvgIpc) is 3.66. The number of fused-ring (bicyclic) bond motifs is 1. The molecule has 0 unspecified atom stereocenters. The van der Waals surface area contributed by atoms with Gasteiger partial charge in [-0.1, -0.05) is 70.2 Å². The lowest BCUT2D eigenvalue weighted by molar-refractivity contribution is -0.298. The van der Waals surface area contributed by atoms with E-state index in [1.54, 1.807) is 105 Å². The summed E-state index contributed by atoms with van der Waals surface area (Å²) in [6.45, 7) is 13.6. The minimum atomic E-state index is -1.79. The van der Waals surface area contributed by atoms with Crippen molar-refractivity contribution in [1.82, 2.24) is 35.4 Å². The third-order valence-corrected chi connectivity index (χ3v) is 14.1. The zero-order valence-corrected chi connectivity index (χ0v) is 42.6. The molecule has 0 saturated carbocycles. The lowest BCUT2D eigenvalue weighted by Crippen LogP contribution is -2.61. The molecule has 71 heavy (non-hydrogen) atoms. The number of carbonyl (C=O) groups is 5. The number of hydrogen-bond acceptors (Lipinski definition) is 16. The van der Waals surface area contributed by atoms with Crippen molar-refractivity contribution in [2.24, 2.45) is 23.7 Å². The van der Waals surface area contributed by atoms with Gasteiger partial charge in [0.25, 0.3) is 0 Å². The Morgan fingerprint density at radius 1 is 0.972 bits per heavy atom. The molecule has 0 radical (unpaired) electrons. The molecule has 0 aliphatic carbocycles. The number of aromatic nitrogens is 3. The lowest BCUT2D eigenvalue weighted by atomic mass is 9.73. The molecule has 3 amide bonds. The third-order valence-electron chi connectivity index (χ3n) is 14.1. The van der Waals surface area contributed by atoms with E-state index in [2.05, 4.69) is 25.6 Å². The summed E-state index contributed by atoms with van der Waals surface area (Å²) in [6.07, 6.45) is 1.49. The first-order chi connectivity index (χ1) is 33.6. The molecular weight excluding hydrogens is 915 g/mol. The monoisotopic (exact) mass is 986 g/mol. The number of nitrogens with one attached hydrogen (secondary N) is 2. The number of Topliss-reactive ketones (excluding diaryl/α,β-unsaturated/α-hetero) is 1. The molecule has 3 N–H and O–H groups in total. The molecule has 6 rings (SSSR count). The number of ketones is 1. The van der Waals surface area contributed by atoms with Crippen LogP contribution in [0.15, 0.2) is 73.3 Å². The number of likely N-dealkylation sites (N-methyl/N-ethyl adjacent to an activating group) is 1. The van der Waals surface area contributed by atoms with Crippen LogP contribution in [0.2, 0.25) is 0 Å². The topological polar surface area (TPSA) is 230 Å². The number of pyridine rings is 1. The maximum absolute atomic E-state index is 14.8. The van der Waals surface area contributed by atoms with Gasteiger partial charge in [-0.15, -0.1) is 0 Å². The van der Waals surface area contributed by atoms with E-state index in [9.17, 15) is 29.1 Å². The number of nitrogens with zero attached hydrogens (tertiary/aromatic N) is 5. The fraction of sp³-hybridized carbons (Fsp3) is 0.577. The highest BCUT2D eigenvalue weighted by atomic mass is 16.7. The van der Waals surface area contributed by atoms with Crippen LogP contribution in [0.1, 0.15) is 85.8 Å². The normalized spacial score (nSPS) is 32.7. The Balaban J connectivity index is 1.40. The molecule has 14 atom stereocenters. The van der Waals surface area contributed by atoms with Gasteiger partial charge in [-0.2, -0.15) is 0 Å². The summed E-state index contributed by atoms with van der Waals surface area (Å²) in [5.74, 6) is -4.58. The van der Waals surface area contributed by atoms with E-state index in [0.717, 1.165) is 11.1 Å². The van der Waals surface area contributed by atoms with Crippen molar-refractivity contribution in [2.45, 2.75) is 141 Å². The van der Waals surface area contributed by atoms with E-state index in [4.69, 9.17) is 28.4 Å². The van der Waals surface area contributed by atoms with E-state index in [0.29, 0.717) is 17.8 Å². The Morgan fingerprint density at radius 3 is 2.32 bits per heavy atom. The molecule has 386 valence electrons. The number of esters is 1. The smallest absolute Gasteiger partial charge is 0.410 e. The molecule has 3 aromatic rings. The van der Waals surface area contributed by atoms with Crippen molar-refractivity contribution in [1.29, 1.82) is 0 Å². The summed E-state index contributed by atoms with van der Waals surface area (Å²) in [5, 5.41) is 17.5. The molecule has 19 heteroatoms. The Bertz CT molecular complexity index is 2330. The lowest BCUT2D eigenvalue weighted by Gasteiger charge is -2.48. The second-order valence-electron chi connectivity index (χ2n) is 19.8. The van der Waals surface area contributed by atoms with E-state index in [-0.39, 0.29) is 31.7 Å². The van der Waals surface area contributed by atoms with Crippen molar-refractivity contribution >= 4 is 36.1 Å². The number of benzene rings is 1. The van der Waals surface area contributed by atoms with Gasteiger partial charge in [0.15, 0.2) is 17.7 Å². The van der Waals surface area contributed by atoms with E-state index in [1.807, 2.05) is 56.3 Å². The fourth-order valence-electron chi connectivity index (χ4n) is 10.2. The first-order valence-electron chi connectivity index (χ1n) is 24.4. The second-order valence-corrected chi connectivity index (χ2v) is 19.8. The van der Waals surface area contributed by atoms with Crippen molar-refractivity contribution in [2.75, 3.05) is 27.7 Å². The van der Waals surface area contributed by atoms with Crippen LogP contribution in [0, 0.1) is 23.7 Å². The predicted octanol–water partition coefficient (Wildman–Crippen LogP) is 6.19. The van der Waals surface area contributed by atoms with Crippen molar-refractivity contribution in [3.63, 3.8) is 0 Å². The van der Waals surface area contributed by atoms with Crippen LogP contribution in [-0.4, -0.2) is 148 Å². The highest BCUT2D eigenvalue weighted by Gasteiger charge is 2.58. The van der Waals surface area contributed by atoms with Crippen LogP contribution in [-0.2, 0) is 44.6 Å². The SMILES string of the molecule is CC[C@H]1OC(=O)[C@H](C)[C@@H](OC(=O)N(C)Cc2cccnc2)[C@H](C)[C@@H](O[C@@H]2O[C@H](C)C[C@H](N(C)C)[C@H]2O)[C@](C)(OC(=O)NCC=Cc2ccc(-c3ncccn3)cc2)C[C@@H](C)C(=O)[C@H](C)[C@H]2NC(=O)O[C@@]21C. The number of aliphatic hydroxyl groups excluding tert-OH is 1. The molecule has 0 spiro atoms. The van der Waals surface area contributed by atoms with Crippen molar-refractivity contribution in [3.8, 4) is 11.4 Å². The Labute approximate surface area is 416 Å². The minimum Gasteiger partial charge on any atom is -0.458 e. The summed E-state index contributed by atoms with van der Waals surface area (Å²) in [4.78, 5) is 87.0. The maximum atomic E-state index is 14.8. The van der Waals surface area contributed by atoms with Gasteiger partial charge in [0, 0.05) is 67.7 Å². The van der Waals surface area contributed by atoms with Crippen LogP contribution in [0.3, 0.4) is 0 Å². The number of hydrogen-bond donors (Lipinski definition) is 3. The van der Waals surface area contributed by atoms with E-state index >= 15 is 0 Å². The van der Waals surface area contributed by atoms with Gasteiger partial charge in [-0.25, -0.2) is 24.4 Å². The molecular formula is C52H71N7O12. The largest absolute Gasteiger partial charge is 0.458 e. The van der Waals surface area contributed by atoms with Crippen LogP contribution in [0.5, 0.6) is 0 Å². The van der Waals surface area contributed by atoms with Crippen LogP contribution in [0.25, 0.3) is 17.5 Å². The molecule has 3 aliphatic heterocycles. The standard InChI is InChI=1S/C52H71N7O12/c1-12-39-52(8)43(57-49(64)71-52)32(4)40(60)30(2)27-51(7,70-48(63)56-23-14-16-35-18-20-37(21-19-35)45-54-24-15-25-55-45)44(69-47-41(61)38(58(9)10)26-31(3)66-47)33(5)42(34(6)46(62)67-39)68-50(65)59(11)29-36-17-13-22-53-28-36/h13-22,24-25,28,30-34,38-39,41-44,47,61H,12,23,26-27,29H2,1-11H3,(H,56,63)(H,57,64)/t30-,31-,32+,33+,34-,38+,39-,41-,42+,43-,44-,47+,51-,52-/m1/s1. The number of alkyl carbamates (subject to hydrolysis) is 2. The van der Waals surface area contributed by atoms with Gasteiger partial charge < -0.3 is 54.0 Å². The van der Waals surface area contributed by atoms with Gasteiger partial charge in [0.2, 0.25) is 0 Å². The van der Waals surface area contributed by atoms with Gasteiger partial charge >= 0.3 is 24.2 Å². The molecule has 5 heterocycles. The van der Waals surface area contributed by atoms with Crippen molar-refractivity contribution < 1.29 is 57.5 Å². The first-order valence-corrected chi connectivity index (χ1v) is 24.4. The number of aliphatic hydroxyl groups is 1. The quantitative estimate of drug-likeness (QED) is 0.136. The van der Waals surface area contributed by atoms with Crippen LogP contribution >= 0.6 is 0 Å². The molecule has 3 fully saturated rings. The summed E-state index contributed by atoms with van der Waals surface area (Å²) >= 11 is 0. The zero-order valence-electron chi connectivity index (χ0n) is 42.6. The van der Waals surface area contributed by atoms with Crippen LogP contribution in [0.4, 0.5) is 14.4 Å². The minimum absolute atomic E-state index is 0.0302. The Morgan fingerprint density at radius 2 is 1.68 bits per heavy atom. The van der Waals surface area contributed by atoms with Gasteiger partial charge in [-0.05, 0) is 84.3 Å². The molecule has 3 saturated heterocycles. The zero-order chi connectivity index (χ0) is 51.8. The fourth-order valence-corrected chi connectivity index (χ4v) is 10.2. The Hall–Kier alpha value is -6.02. The molecule has 2 aromatic heterocycles. The van der Waals surface area contributed by atoms with Crippen LogP contribution < -0.4 is 10.6 Å². The summed E-state index contributed by atoms with van der Waals surface area (Å²) < 4.78 is 38.2. The van der Waals surface area contributed by atoms with Gasteiger partial charge in [-0.3, -0.25) is 14.6 Å². The second kappa shape index (κ2) is 23.5. The van der Waals surface area contributed by atoms with Gasteiger partial charge in [0.1, 0.15) is 35.8 Å². The maximum Gasteiger partial charge on any atom is 0.410 e. The molecule has 0 bridgehead atoms. The molecule has 1 aromatic carbocycles. The third kappa shape index (κ3) is 12.9. The van der Waals surface area contributed by atoms with E-state index in [1.165, 1.54) is 4.90 Å². The van der Waals surface area contributed by atoms with Crippen molar-refractivity contribution in [3.05, 3.63) is 84.5 Å². The summed E-state index contributed by atoms with van der Waals surface area (Å²) in [5.41, 5.74) is -0.881. The highest BCUT2D eigenvalue weighted by Crippen LogP contribution is 2.42. The average molecular weight is 986 g/mol. The Kier molecular flexibility index (Phi) is 18.0. The molecule has 3 aliphatic rings. The summed E-state index contributed by atoms with van der Waals surface area (Å²) in [6, 6.07) is 11.5. The number of rotatable bonds is 12. The number of cyclic esters (lactones) is 1. The summed E-state index contributed by atoms with van der Waals surface area (Å²) in [7, 11) is 5.21. The highest BCUT2D eigenvalue weighted by molar-refractivity contribution is 5.85. The molecule has 19 nitrogen and oxygen atoms in total. The van der Waals surface area contributed by atoms with E-state index < -0.39 is 108 Å².